The van der Waals surface area contributed by atoms with E-state index in [0.29, 0.717) is 18.5 Å². The zero-order chi connectivity index (χ0) is 13.1. The Balaban J connectivity index is 1.79. The van der Waals surface area contributed by atoms with Crippen LogP contribution in [-0.4, -0.2) is 40.6 Å². The van der Waals surface area contributed by atoms with Gasteiger partial charge in [-0.15, -0.1) is 0 Å². The highest BCUT2D eigenvalue weighted by Crippen LogP contribution is 2.35. The fourth-order valence-corrected chi connectivity index (χ4v) is 2.87. The number of amides is 2. The van der Waals surface area contributed by atoms with E-state index in [4.69, 9.17) is 5.11 Å². The first-order chi connectivity index (χ1) is 8.61. The van der Waals surface area contributed by atoms with Crippen molar-refractivity contribution in [1.82, 2.24) is 10.2 Å². The highest BCUT2D eigenvalue weighted by Gasteiger charge is 2.39. The van der Waals surface area contributed by atoms with E-state index in [1.807, 2.05) is 0 Å². The largest absolute Gasteiger partial charge is 0.481 e. The van der Waals surface area contributed by atoms with Crippen molar-refractivity contribution in [3.63, 3.8) is 0 Å². The Kier molecular flexibility index (Phi) is 4.09. The number of carboxylic acid groups (broad SMARTS) is 1. The van der Waals surface area contributed by atoms with E-state index >= 15 is 0 Å². The number of carboxylic acids is 1. The Labute approximate surface area is 108 Å². The third-order valence-electron chi connectivity index (χ3n) is 3.94. The maximum absolute atomic E-state index is 12.1. The minimum Gasteiger partial charge on any atom is -0.481 e. The van der Waals surface area contributed by atoms with Gasteiger partial charge in [0.05, 0.1) is 6.42 Å². The summed E-state index contributed by atoms with van der Waals surface area (Å²) in [7, 11) is 0. The maximum atomic E-state index is 12.1. The molecular formula is C13H22N2O3. The summed E-state index contributed by atoms with van der Waals surface area (Å²) < 4.78 is 0. The van der Waals surface area contributed by atoms with Crippen LogP contribution >= 0.6 is 0 Å². The van der Waals surface area contributed by atoms with Crippen molar-refractivity contribution in [3.8, 4) is 0 Å². The zero-order valence-electron chi connectivity index (χ0n) is 10.9. The number of carbonyl (C=O) groups is 2. The molecule has 2 amide bonds. The molecule has 5 nitrogen and oxygen atoms in total. The van der Waals surface area contributed by atoms with Crippen LogP contribution in [-0.2, 0) is 4.79 Å². The Morgan fingerprint density at radius 1 is 1.44 bits per heavy atom. The standard InChI is InChI=1S/C13H22N2O3/c1-2-4-9-7-11(9)14-13(18)15-6-3-5-10(15)8-12(16)17/h9-11H,2-8H2,1H3,(H,14,18)(H,16,17). The minimum absolute atomic E-state index is 0.0659. The molecule has 102 valence electrons. The SMILES string of the molecule is CCCC1CC1NC(=O)N1CCCC1CC(=O)O. The van der Waals surface area contributed by atoms with Crippen molar-refractivity contribution in [2.45, 2.75) is 57.5 Å². The van der Waals surface area contributed by atoms with Gasteiger partial charge < -0.3 is 15.3 Å². The molecule has 18 heavy (non-hydrogen) atoms. The summed E-state index contributed by atoms with van der Waals surface area (Å²) in [6.07, 6.45) is 5.19. The van der Waals surface area contributed by atoms with Gasteiger partial charge in [0, 0.05) is 18.6 Å². The molecule has 5 heteroatoms. The lowest BCUT2D eigenvalue weighted by molar-refractivity contribution is -0.137. The third kappa shape index (κ3) is 3.15. The van der Waals surface area contributed by atoms with E-state index in [-0.39, 0.29) is 18.5 Å². The number of nitrogens with zero attached hydrogens (tertiary/aromatic N) is 1. The van der Waals surface area contributed by atoms with Gasteiger partial charge in [0.2, 0.25) is 0 Å². The predicted octanol–water partition coefficient (Wildman–Crippen LogP) is 1.82. The lowest BCUT2D eigenvalue weighted by atomic mass is 10.1. The van der Waals surface area contributed by atoms with Crippen LogP contribution in [0.5, 0.6) is 0 Å². The second-order valence-corrected chi connectivity index (χ2v) is 5.43. The van der Waals surface area contributed by atoms with Crippen molar-refractivity contribution >= 4 is 12.0 Å². The van der Waals surface area contributed by atoms with Crippen LogP contribution in [0.25, 0.3) is 0 Å². The number of aliphatic carboxylic acids is 1. The van der Waals surface area contributed by atoms with E-state index < -0.39 is 5.97 Å². The van der Waals surface area contributed by atoms with Crippen molar-refractivity contribution in [1.29, 1.82) is 0 Å². The van der Waals surface area contributed by atoms with E-state index in [1.54, 1.807) is 4.90 Å². The molecule has 1 saturated carbocycles. The zero-order valence-corrected chi connectivity index (χ0v) is 10.9. The first-order valence-corrected chi connectivity index (χ1v) is 6.90. The van der Waals surface area contributed by atoms with Crippen LogP contribution in [0.1, 0.15) is 45.4 Å². The van der Waals surface area contributed by atoms with E-state index in [9.17, 15) is 9.59 Å². The highest BCUT2D eigenvalue weighted by atomic mass is 16.4. The summed E-state index contributed by atoms with van der Waals surface area (Å²) in [5.41, 5.74) is 0. The Bertz CT molecular complexity index is 332. The van der Waals surface area contributed by atoms with Gasteiger partial charge in [0.1, 0.15) is 0 Å². The lowest BCUT2D eigenvalue weighted by Gasteiger charge is -2.23. The summed E-state index contributed by atoms with van der Waals surface area (Å²) in [5.74, 6) is -0.186. The Morgan fingerprint density at radius 2 is 2.22 bits per heavy atom. The smallest absolute Gasteiger partial charge is 0.317 e. The minimum atomic E-state index is -0.824. The predicted molar refractivity (Wildman–Crippen MR) is 67.3 cm³/mol. The third-order valence-corrected chi connectivity index (χ3v) is 3.94. The number of urea groups is 1. The van der Waals surface area contributed by atoms with Gasteiger partial charge in [0.25, 0.3) is 0 Å². The molecule has 1 aliphatic heterocycles. The lowest BCUT2D eigenvalue weighted by Crippen LogP contribution is -2.44. The van der Waals surface area contributed by atoms with Crippen molar-refractivity contribution in [2.75, 3.05) is 6.54 Å². The molecule has 0 aromatic rings. The fourth-order valence-electron chi connectivity index (χ4n) is 2.87. The monoisotopic (exact) mass is 254 g/mol. The second-order valence-electron chi connectivity index (χ2n) is 5.43. The number of carbonyl (C=O) groups excluding carboxylic acids is 1. The van der Waals surface area contributed by atoms with Crippen LogP contribution in [0.2, 0.25) is 0 Å². The van der Waals surface area contributed by atoms with Crippen LogP contribution in [0.15, 0.2) is 0 Å². The van der Waals surface area contributed by atoms with E-state index in [1.165, 1.54) is 6.42 Å². The van der Waals surface area contributed by atoms with E-state index in [2.05, 4.69) is 12.2 Å². The van der Waals surface area contributed by atoms with Gasteiger partial charge in [-0.2, -0.15) is 0 Å². The molecule has 0 bridgehead atoms. The van der Waals surface area contributed by atoms with E-state index in [0.717, 1.165) is 25.7 Å². The molecule has 0 aromatic heterocycles. The van der Waals surface area contributed by atoms with Gasteiger partial charge in [-0.1, -0.05) is 13.3 Å². The number of likely N-dealkylation sites (tertiary alicyclic amines) is 1. The second kappa shape index (κ2) is 5.59. The molecule has 0 spiro atoms. The molecule has 3 atom stereocenters. The maximum Gasteiger partial charge on any atom is 0.317 e. The molecule has 2 N–H and O–H groups in total. The number of hydrogen-bond donors (Lipinski definition) is 2. The van der Waals surface area contributed by atoms with Gasteiger partial charge in [0.15, 0.2) is 0 Å². The van der Waals surface area contributed by atoms with Crippen LogP contribution in [0.4, 0.5) is 4.79 Å². The number of hydrogen-bond acceptors (Lipinski definition) is 2. The fraction of sp³-hybridized carbons (Fsp3) is 0.846. The molecule has 2 aliphatic rings. The van der Waals surface area contributed by atoms with Crippen LogP contribution in [0.3, 0.4) is 0 Å². The molecule has 0 aromatic carbocycles. The van der Waals surface area contributed by atoms with Crippen molar-refractivity contribution in [3.05, 3.63) is 0 Å². The summed E-state index contributed by atoms with van der Waals surface area (Å²) in [6.45, 7) is 2.84. The number of rotatable bonds is 5. The molecule has 1 aliphatic carbocycles. The molecule has 3 unspecified atom stereocenters. The molecular weight excluding hydrogens is 232 g/mol. The Hall–Kier alpha value is -1.26. The first-order valence-electron chi connectivity index (χ1n) is 6.90. The number of nitrogens with one attached hydrogen (secondary N) is 1. The topological polar surface area (TPSA) is 69.6 Å². The van der Waals surface area contributed by atoms with Gasteiger partial charge in [-0.05, 0) is 31.6 Å². The molecule has 2 fully saturated rings. The summed E-state index contributed by atoms with van der Waals surface area (Å²) in [6, 6.07) is 0.136. The Morgan fingerprint density at radius 3 is 2.89 bits per heavy atom. The molecule has 1 heterocycles. The van der Waals surface area contributed by atoms with Gasteiger partial charge in [-0.3, -0.25) is 4.79 Å². The van der Waals surface area contributed by atoms with Gasteiger partial charge >= 0.3 is 12.0 Å². The van der Waals surface area contributed by atoms with Gasteiger partial charge in [-0.25, -0.2) is 4.79 Å². The van der Waals surface area contributed by atoms with Crippen LogP contribution < -0.4 is 5.32 Å². The molecule has 2 rings (SSSR count). The first kappa shape index (κ1) is 13.2. The van der Waals surface area contributed by atoms with Crippen molar-refractivity contribution < 1.29 is 14.7 Å². The van der Waals surface area contributed by atoms with Crippen molar-refractivity contribution in [2.24, 2.45) is 5.92 Å². The normalized spacial score (nSPS) is 30.3. The summed E-state index contributed by atoms with van der Waals surface area (Å²) in [4.78, 5) is 24.5. The van der Waals surface area contributed by atoms with Crippen LogP contribution in [0, 0.1) is 5.92 Å². The quantitative estimate of drug-likeness (QED) is 0.786. The average molecular weight is 254 g/mol. The average Bonchev–Trinajstić information content (AvgIpc) is 2.86. The summed E-state index contributed by atoms with van der Waals surface area (Å²) >= 11 is 0. The molecule has 0 radical (unpaired) electrons. The summed E-state index contributed by atoms with van der Waals surface area (Å²) in [5, 5.41) is 11.8. The molecule has 1 saturated heterocycles. The highest BCUT2D eigenvalue weighted by molar-refractivity contribution is 5.77.